The van der Waals surface area contributed by atoms with Gasteiger partial charge >= 0.3 is 0 Å². The summed E-state index contributed by atoms with van der Waals surface area (Å²) in [5, 5.41) is 1.89. The first kappa shape index (κ1) is 8.38. The van der Waals surface area contributed by atoms with Gasteiger partial charge in [0.05, 0.1) is 0 Å². The summed E-state index contributed by atoms with van der Waals surface area (Å²) in [7, 11) is 0. The van der Waals surface area contributed by atoms with E-state index in [9.17, 15) is 0 Å². The van der Waals surface area contributed by atoms with Crippen LogP contribution in [0.3, 0.4) is 0 Å². The van der Waals surface area contributed by atoms with Crippen molar-refractivity contribution in [3.05, 3.63) is 10.9 Å². The second kappa shape index (κ2) is 3.41. The maximum Gasteiger partial charge on any atom is 0.0117 e. The maximum atomic E-state index is 5.31. The summed E-state index contributed by atoms with van der Waals surface area (Å²) >= 11 is 7.03. The van der Waals surface area contributed by atoms with Crippen molar-refractivity contribution < 1.29 is 0 Å². The van der Waals surface area contributed by atoms with Crippen LogP contribution in [0.5, 0.6) is 0 Å². The van der Waals surface area contributed by atoms with E-state index in [4.69, 9.17) is 11.6 Å². The van der Waals surface area contributed by atoms with Gasteiger partial charge in [-0.05, 0) is 5.41 Å². The van der Waals surface area contributed by atoms with Crippen molar-refractivity contribution in [3.8, 4) is 0 Å². The Balaban J connectivity index is 3.39. The van der Waals surface area contributed by atoms with Crippen LogP contribution in [0, 0.1) is 0 Å². The van der Waals surface area contributed by atoms with Crippen molar-refractivity contribution in [1.82, 2.24) is 0 Å². The van der Waals surface area contributed by atoms with Gasteiger partial charge in [-0.3, -0.25) is 0 Å². The van der Waals surface area contributed by atoms with Crippen LogP contribution in [0.4, 0.5) is 0 Å². The Bertz CT molecular complexity index is 81.0. The van der Waals surface area contributed by atoms with Crippen LogP contribution in [0.15, 0.2) is 10.9 Å². The normalized spacial score (nSPS) is 13.0. The highest BCUT2D eigenvalue weighted by Crippen LogP contribution is 2.23. The molecule has 0 aliphatic carbocycles. The molecule has 0 aromatic rings. The molecule has 0 spiro atoms. The second-order valence-electron chi connectivity index (χ2n) is 2.49. The van der Waals surface area contributed by atoms with Crippen molar-refractivity contribution in [2.75, 3.05) is 0 Å². The Hall–Kier alpha value is 0.380. The standard InChI is InChI=1S/C6H11ClS/c1-6(2,3)8-5-4-7/h4-5H,1-3H3. The predicted molar refractivity (Wildman–Crippen MR) is 42.3 cm³/mol. The Morgan fingerprint density at radius 1 is 1.38 bits per heavy atom. The molecule has 2 heteroatoms. The van der Waals surface area contributed by atoms with E-state index in [0.29, 0.717) is 4.75 Å². The summed E-state index contributed by atoms with van der Waals surface area (Å²) in [5.74, 6) is 0. The van der Waals surface area contributed by atoms with Crippen LogP contribution in [-0.4, -0.2) is 4.75 Å². The summed E-state index contributed by atoms with van der Waals surface area (Å²) in [6, 6.07) is 0. The van der Waals surface area contributed by atoms with Gasteiger partial charge in [0.15, 0.2) is 0 Å². The lowest BCUT2D eigenvalue weighted by Gasteiger charge is -2.12. The highest BCUT2D eigenvalue weighted by atomic mass is 35.5. The molecule has 0 rings (SSSR count). The average molecular weight is 151 g/mol. The second-order valence-corrected chi connectivity index (χ2v) is 4.48. The van der Waals surface area contributed by atoms with Gasteiger partial charge in [-0.15, -0.1) is 11.8 Å². The van der Waals surface area contributed by atoms with Gasteiger partial charge < -0.3 is 0 Å². The fourth-order valence-corrected chi connectivity index (χ4v) is 0.844. The predicted octanol–water partition coefficient (Wildman–Crippen LogP) is 3.23. The fourth-order valence-electron chi connectivity index (χ4n) is 0.230. The molecule has 0 saturated heterocycles. The topological polar surface area (TPSA) is 0 Å². The summed E-state index contributed by atoms with van der Waals surface area (Å²) in [6.07, 6.45) is 0. The molecule has 0 aromatic heterocycles. The molecule has 8 heavy (non-hydrogen) atoms. The zero-order valence-corrected chi connectivity index (χ0v) is 7.01. The number of rotatable bonds is 1. The highest BCUT2D eigenvalue weighted by molar-refractivity contribution is 8.03. The molecular weight excluding hydrogens is 140 g/mol. The lowest BCUT2D eigenvalue weighted by atomic mass is 10.3. The third-order valence-electron chi connectivity index (χ3n) is 0.473. The van der Waals surface area contributed by atoms with Crippen molar-refractivity contribution >= 4 is 23.4 Å². The molecule has 0 N–H and O–H groups in total. The van der Waals surface area contributed by atoms with E-state index in [0.717, 1.165) is 0 Å². The Kier molecular flexibility index (Phi) is 3.58. The van der Waals surface area contributed by atoms with E-state index in [2.05, 4.69) is 20.8 Å². The van der Waals surface area contributed by atoms with Crippen molar-refractivity contribution in [2.45, 2.75) is 25.5 Å². The minimum absolute atomic E-state index is 0.297. The van der Waals surface area contributed by atoms with Crippen molar-refractivity contribution in [1.29, 1.82) is 0 Å². The smallest absolute Gasteiger partial charge is 0.0117 e. The monoisotopic (exact) mass is 150 g/mol. The SMILES string of the molecule is CC(C)(C)SC=CCl. The molecule has 0 fully saturated rings. The molecule has 48 valence electrons. The van der Waals surface area contributed by atoms with Gasteiger partial charge in [0.2, 0.25) is 0 Å². The molecule has 0 radical (unpaired) electrons. The lowest BCUT2D eigenvalue weighted by Crippen LogP contribution is -2.04. The van der Waals surface area contributed by atoms with Crippen LogP contribution < -0.4 is 0 Å². The minimum atomic E-state index is 0.297. The van der Waals surface area contributed by atoms with Gasteiger partial charge in [-0.2, -0.15) is 0 Å². The molecule has 0 amide bonds. The number of thioether (sulfide) groups is 1. The zero-order chi connectivity index (χ0) is 6.62. The molecule has 0 bridgehead atoms. The molecule has 0 atom stereocenters. The first-order chi connectivity index (χ1) is 3.56. The zero-order valence-electron chi connectivity index (χ0n) is 5.44. The quantitative estimate of drug-likeness (QED) is 0.553. The molecule has 0 aromatic carbocycles. The van der Waals surface area contributed by atoms with Crippen molar-refractivity contribution in [3.63, 3.8) is 0 Å². The molecule has 0 nitrogen and oxygen atoms in total. The summed E-state index contributed by atoms with van der Waals surface area (Å²) < 4.78 is 0.297. The van der Waals surface area contributed by atoms with Gasteiger partial charge in [0, 0.05) is 10.3 Å². The number of hydrogen-bond acceptors (Lipinski definition) is 1. The van der Waals surface area contributed by atoms with Crippen LogP contribution >= 0.6 is 23.4 Å². The van der Waals surface area contributed by atoms with Gasteiger partial charge in [-0.25, -0.2) is 0 Å². The summed E-state index contributed by atoms with van der Waals surface area (Å²) in [5.41, 5.74) is 1.54. The fraction of sp³-hybridized carbons (Fsp3) is 0.667. The maximum absolute atomic E-state index is 5.31. The van der Waals surface area contributed by atoms with E-state index in [1.807, 2.05) is 5.41 Å². The molecule has 0 saturated carbocycles. The Morgan fingerprint density at radius 2 is 1.88 bits per heavy atom. The minimum Gasteiger partial charge on any atom is -0.127 e. The van der Waals surface area contributed by atoms with Crippen LogP contribution in [0.1, 0.15) is 20.8 Å². The van der Waals surface area contributed by atoms with E-state index < -0.39 is 0 Å². The van der Waals surface area contributed by atoms with E-state index >= 15 is 0 Å². The van der Waals surface area contributed by atoms with Crippen LogP contribution in [0.2, 0.25) is 0 Å². The van der Waals surface area contributed by atoms with Gasteiger partial charge in [-0.1, -0.05) is 32.4 Å². The molecule has 0 aliphatic rings. The Morgan fingerprint density at radius 3 is 2.00 bits per heavy atom. The van der Waals surface area contributed by atoms with Crippen LogP contribution in [-0.2, 0) is 0 Å². The molecule has 0 unspecified atom stereocenters. The summed E-state index contributed by atoms with van der Waals surface area (Å²) in [6.45, 7) is 6.44. The Labute approximate surface area is 60.3 Å². The first-order valence-electron chi connectivity index (χ1n) is 2.49. The van der Waals surface area contributed by atoms with Crippen LogP contribution in [0.25, 0.3) is 0 Å². The van der Waals surface area contributed by atoms with Crippen molar-refractivity contribution in [2.24, 2.45) is 0 Å². The van der Waals surface area contributed by atoms with E-state index in [-0.39, 0.29) is 0 Å². The van der Waals surface area contributed by atoms with Gasteiger partial charge in [0.25, 0.3) is 0 Å². The summed E-state index contributed by atoms with van der Waals surface area (Å²) in [4.78, 5) is 0. The first-order valence-corrected chi connectivity index (χ1v) is 3.81. The average Bonchev–Trinajstić information content (AvgIpc) is 1.59. The number of hydrogen-bond donors (Lipinski definition) is 0. The van der Waals surface area contributed by atoms with E-state index in [1.165, 1.54) is 5.54 Å². The van der Waals surface area contributed by atoms with Gasteiger partial charge in [0.1, 0.15) is 0 Å². The molecule has 0 aliphatic heterocycles. The third kappa shape index (κ3) is 6.38. The molecular formula is C6H11ClS. The van der Waals surface area contributed by atoms with E-state index in [1.54, 1.807) is 11.8 Å². The molecule has 0 heterocycles. The largest absolute Gasteiger partial charge is 0.127 e. The number of halogens is 1. The third-order valence-corrected chi connectivity index (χ3v) is 1.73. The lowest BCUT2D eigenvalue weighted by molar-refractivity contribution is 0.808. The highest BCUT2D eigenvalue weighted by Gasteiger charge is 2.06.